The third kappa shape index (κ3) is 3.54. The molecular weight excluding hydrogens is 350 g/mol. The fraction of sp³-hybridized carbons (Fsp3) is 0.312. The summed E-state index contributed by atoms with van der Waals surface area (Å²) >= 11 is 6.31. The van der Waals surface area contributed by atoms with Gasteiger partial charge in [-0.2, -0.15) is 0 Å². The van der Waals surface area contributed by atoms with E-state index in [1.807, 2.05) is 6.92 Å². The van der Waals surface area contributed by atoms with E-state index in [1.54, 1.807) is 32.4 Å². The summed E-state index contributed by atoms with van der Waals surface area (Å²) in [6.45, 7) is 1.68. The number of hydrogen-bond donors (Lipinski definition) is 0. The quantitative estimate of drug-likeness (QED) is 0.450. The van der Waals surface area contributed by atoms with Crippen LogP contribution in [-0.4, -0.2) is 49.0 Å². The number of esters is 1. The normalized spacial score (nSPS) is 15.8. The van der Waals surface area contributed by atoms with Gasteiger partial charge in [-0.3, -0.25) is 14.5 Å². The van der Waals surface area contributed by atoms with Gasteiger partial charge in [0.1, 0.15) is 22.4 Å². The number of ether oxygens (including phenoxy) is 3. The fourth-order valence-electron chi connectivity index (χ4n) is 2.27. The number of rotatable bonds is 5. The largest absolute Gasteiger partial charge is 0.496 e. The second kappa shape index (κ2) is 7.67. The SMILES string of the molecule is COC(=O)CN1C(=O)/C(=C/c2ccc(OC)c(C)c2OC)SC1=S. The zero-order chi connectivity index (χ0) is 17.9. The summed E-state index contributed by atoms with van der Waals surface area (Å²) in [4.78, 5) is 25.5. The first-order valence-corrected chi connectivity index (χ1v) is 8.19. The van der Waals surface area contributed by atoms with Gasteiger partial charge >= 0.3 is 5.97 Å². The van der Waals surface area contributed by atoms with Crippen molar-refractivity contribution in [3.8, 4) is 11.5 Å². The van der Waals surface area contributed by atoms with Crippen LogP contribution in [0.3, 0.4) is 0 Å². The molecule has 128 valence electrons. The van der Waals surface area contributed by atoms with Crippen molar-refractivity contribution < 1.29 is 23.8 Å². The molecule has 1 fully saturated rings. The minimum atomic E-state index is -0.523. The third-order valence-electron chi connectivity index (χ3n) is 3.49. The molecule has 1 amide bonds. The molecule has 1 aromatic rings. The molecule has 0 N–H and O–H groups in total. The smallest absolute Gasteiger partial charge is 0.325 e. The Balaban J connectivity index is 2.36. The Morgan fingerprint density at radius 1 is 1.29 bits per heavy atom. The lowest BCUT2D eigenvalue weighted by atomic mass is 10.1. The molecular formula is C16H17NO5S2. The molecule has 24 heavy (non-hydrogen) atoms. The zero-order valence-electron chi connectivity index (χ0n) is 13.7. The van der Waals surface area contributed by atoms with Gasteiger partial charge in [-0.25, -0.2) is 0 Å². The number of thioether (sulfide) groups is 1. The van der Waals surface area contributed by atoms with Crippen molar-refractivity contribution in [2.45, 2.75) is 6.92 Å². The molecule has 2 rings (SSSR count). The lowest BCUT2D eigenvalue weighted by Crippen LogP contribution is -2.33. The van der Waals surface area contributed by atoms with E-state index in [9.17, 15) is 9.59 Å². The number of carbonyl (C=O) groups excluding carboxylic acids is 2. The molecule has 0 atom stereocenters. The van der Waals surface area contributed by atoms with Crippen LogP contribution in [0.25, 0.3) is 6.08 Å². The summed E-state index contributed by atoms with van der Waals surface area (Å²) in [5, 5.41) is 0. The van der Waals surface area contributed by atoms with Crippen molar-refractivity contribution in [3.05, 3.63) is 28.2 Å². The lowest BCUT2D eigenvalue weighted by Gasteiger charge is -2.13. The van der Waals surface area contributed by atoms with Gasteiger partial charge in [0.25, 0.3) is 5.91 Å². The number of methoxy groups -OCH3 is 3. The van der Waals surface area contributed by atoms with E-state index in [0.29, 0.717) is 20.7 Å². The Morgan fingerprint density at radius 2 is 2.00 bits per heavy atom. The van der Waals surface area contributed by atoms with Crippen LogP contribution in [0.2, 0.25) is 0 Å². The summed E-state index contributed by atoms with van der Waals surface area (Å²) in [7, 11) is 4.40. The molecule has 6 nitrogen and oxygen atoms in total. The number of hydrogen-bond acceptors (Lipinski definition) is 7. The number of thiocarbonyl (C=S) groups is 1. The number of benzene rings is 1. The molecule has 1 saturated heterocycles. The summed E-state index contributed by atoms with van der Waals surface area (Å²) in [6, 6.07) is 3.61. The standard InChI is InChI=1S/C16H17NO5S2/c1-9-11(20-2)6-5-10(14(9)22-4)7-12-15(19)17(16(23)24-12)8-13(18)21-3/h5-7H,8H2,1-4H3/b12-7-. The third-order valence-corrected chi connectivity index (χ3v) is 4.86. The predicted octanol–water partition coefficient (Wildman–Crippen LogP) is 2.39. The van der Waals surface area contributed by atoms with Crippen molar-refractivity contribution in [1.82, 2.24) is 4.90 Å². The van der Waals surface area contributed by atoms with Crippen LogP contribution in [0.4, 0.5) is 0 Å². The molecule has 0 unspecified atom stereocenters. The highest BCUT2D eigenvalue weighted by Gasteiger charge is 2.33. The van der Waals surface area contributed by atoms with Crippen molar-refractivity contribution in [2.75, 3.05) is 27.9 Å². The molecule has 1 heterocycles. The molecule has 1 aliphatic heterocycles. The topological polar surface area (TPSA) is 65.1 Å². The molecule has 8 heteroatoms. The second-order valence-corrected chi connectivity index (χ2v) is 6.54. The van der Waals surface area contributed by atoms with E-state index in [4.69, 9.17) is 21.7 Å². The van der Waals surface area contributed by atoms with E-state index in [-0.39, 0.29) is 12.5 Å². The molecule has 0 spiro atoms. The van der Waals surface area contributed by atoms with Crippen molar-refractivity contribution in [1.29, 1.82) is 0 Å². The Hall–Kier alpha value is -2.06. The summed E-state index contributed by atoms with van der Waals surface area (Å²) in [6.07, 6.45) is 1.70. The minimum Gasteiger partial charge on any atom is -0.496 e. The first kappa shape index (κ1) is 18.3. The van der Waals surface area contributed by atoms with Crippen LogP contribution < -0.4 is 9.47 Å². The Labute approximate surface area is 149 Å². The van der Waals surface area contributed by atoms with Gasteiger partial charge in [-0.1, -0.05) is 24.0 Å². The van der Waals surface area contributed by atoms with Crippen LogP contribution in [0, 0.1) is 6.92 Å². The molecule has 0 radical (unpaired) electrons. The maximum absolute atomic E-state index is 12.5. The Kier molecular flexibility index (Phi) is 5.84. The van der Waals surface area contributed by atoms with E-state index < -0.39 is 5.97 Å². The van der Waals surface area contributed by atoms with Gasteiger partial charge in [-0.15, -0.1) is 0 Å². The fourth-order valence-corrected chi connectivity index (χ4v) is 3.52. The van der Waals surface area contributed by atoms with E-state index in [1.165, 1.54) is 12.0 Å². The molecule has 1 aliphatic rings. The first-order valence-electron chi connectivity index (χ1n) is 6.96. The summed E-state index contributed by atoms with van der Waals surface area (Å²) in [5.41, 5.74) is 1.56. The number of amides is 1. The monoisotopic (exact) mass is 367 g/mol. The number of carbonyl (C=O) groups is 2. The van der Waals surface area contributed by atoms with Gasteiger partial charge in [0.05, 0.1) is 26.2 Å². The van der Waals surface area contributed by atoms with Crippen LogP contribution >= 0.6 is 24.0 Å². The summed E-state index contributed by atoms with van der Waals surface area (Å²) < 4.78 is 15.6. The van der Waals surface area contributed by atoms with Gasteiger partial charge in [0.15, 0.2) is 0 Å². The van der Waals surface area contributed by atoms with Crippen LogP contribution in [0.1, 0.15) is 11.1 Å². The van der Waals surface area contributed by atoms with Crippen LogP contribution in [0.5, 0.6) is 11.5 Å². The van der Waals surface area contributed by atoms with Gasteiger partial charge in [0, 0.05) is 11.1 Å². The molecule has 0 aliphatic carbocycles. The Bertz CT molecular complexity index is 729. The van der Waals surface area contributed by atoms with Crippen LogP contribution in [0.15, 0.2) is 17.0 Å². The first-order chi connectivity index (χ1) is 11.4. The van der Waals surface area contributed by atoms with Crippen LogP contribution in [-0.2, 0) is 14.3 Å². The Morgan fingerprint density at radius 3 is 2.58 bits per heavy atom. The maximum atomic E-state index is 12.5. The zero-order valence-corrected chi connectivity index (χ0v) is 15.4. The van der Waals surface area contributed by atoms with E-state index in [2.05, 4.69) is 4.74 Å². The van der Waals surface area contributed by atoms with E-state index in [0.717, 1.165) is 22.9 Å². The minimum absolute atomic E-state index is 0.197. The van der Waals surface area contributed by atoms with Gasteiger partial charge in [-0.05, 0) is 25.1 Å². The number of nitrogens with zero attached hydrogens (tertiary/aromatic N) is 1. The highest BCUT2D eigenvalue weighted by atomic mass is 32.2. The van der Waals surface area contributed by atoms with Gasteiger partial charge in [0.2, 0.25) is 0 Å². The van der Waals surface area contributed by atoms with Crippen molar-refractivity contribution in [3.63, 3.8) is 0 Å². The summed E-state index contributed by atoms with van der Waals surface area (Å²) in [5.74, 6) is 0.464. The van der Waals surface area contributed by atoms with Crippen molar-refractivity contribution in [2.24, 2.45) is 0 Å². The molecule has 0 saturated carbocycles. The molecule has 1 aromatic carbocycles. The van der Waals surface area contributed by atoms with Crippen molar-refractivity contribution >= 4 is 46.3 Å². The lowest BCUT2D eigenvalue weighted by molar-refractivity contribution is -0.143. The highest BCUT2D eigenvalue weighted by molar-refractivity contribution is 8.26. The van der Waals surface area contributed by atoms with Gasteiger partial charge < -0.3 is 14.2 Å². The average molecular weight is 367 g/mol. The molecule has 0 bridgehead atoms. The maximum Gasteiger partial charge on any atom is 0.325 e. The highest BCUT2D eigenvalue weighted by Crippen LogP contribution is 2.37. The average Bonchev–Trinajstić information content (AvgIpc) is 2.82. The predicted molar refractivity (Wildman–Crippen MR) is 96.2 cm³/mol. The van der Waals surface area contributed by atoms with E-state index >= 15 is 0 Å². The second-order valence-electron chi connectivity index (χ2n) is 4.86. The molecule has 0 aromatic heterocycles.